The van der Waals surface area contributed by atoms with Crippen molar-refractivity contribution in [3.8, 4) is 0 Å². The van der Waals surface area contributed by atoms with Crippen LogP contribution in [0.25, 0.3) is 0 Å². The van der Waals surface area contributed by atoms with Gasteiger partial charge < -0.3 is 15.2 Å². The fourth-order valence-electron chi connectivity index (χ4n) is 3.50. The van der Waals surface area contributed by atoms with E-state index >= 15 is 0 Å². The van der Waals surface area contributed by atoms with Crippen LogP contribution in [0, 0.1) is 5.41 Å². The van der Waals surface area contributed by atoms with Gasteiger partial charge in [-0.1, -0.05) is 12.8 Å². The first-order valence-electron chi connectivity index (χ1n) is 6.94. The maximum Gasteiger partial charge on any atom is 0.234 e. The molecule has 5 nitrogen and oxygen atoms in total. The van der Waals surface area contributed by atoms with E-state index in [9.17, 15) is 9.90 Å². The molecule has 0 aromatic heterocycles. The van der Waals surface area contributed by atoms with Crippen LogP contribution in [0.3, 0.4) is 0 Å². The van der Waals surface area contributed by atoms with Gasteiger partial charge in [-0.15, -0.1) is 0 Å². The maximum absolute atomic E-state index is 11.8. The highest BCUT2D eigenvalue weighted by Gasteiger charge is 2.44. The molecule has 2 unspecified atom stereocenters. The van der Waals surface area contributed by atoms with Gasteiger partial charge in [0.05, 0.1) is 31.8 Å². The number of amides is 1. The van der Waals surface area contributed by atoms with E-state index in [1.54, 1.807) is 0 Å². The van der Waals surface area contributed by atoms with Crippen LogP contribution in [0.15, 0.2) is 0 Å². The van der Waals surface area contributed by atoms with E-state index in [0.29, 0.717) is 31.8 Å². The third-order valence-electron chi connectivity index (χ3n) is 4.58. The second-order valence-electron chi connectivity index (χ2n) is 6.08. The molecule has 5 heteroatoms. The third kappa shape index (κ3) is 2.15. The molecule has 1 aliphatic carbocycles. The average Bonchev–Trinajstić information content (AvgIpc) is 2.33. The highest BCUT2D eigenvalue weighted by atomic mass is 16.5. The summed E-state index contributed by atoms with van der Waals surface area (Å²) < 4.78 is 5.25. The molecule has 18 heavy (non-hydrogen) atoms. The van der Waals surface area contributed by atoms with Crippen molar-refractivity contribution in [1.29, 1.82) is 0 Å². The minimum absolute atomic E-state index is 0.125. The molecule has 0 aromatic rings. The number of piperazine rings is 1. The number of carbonyl (C=O) groups excluding carboxylic acids is 1. The van der Waals surface area contributed by atoms with Crippen molar-refractivity contribution in [3.63, 3.8) is 0 Å². The SMILES string of the molecule is O=C1CN(CC2(CO)COC2)C2CCCCC2N1. The summed E-state index contributed by atoms with van der Waals surface area (Å²) >= 11 is 0. The smallest absolute Gasteiger partial charge is 0.234 e. The number of hydrogen-bond acceptors (Lipinski definition) is 4. The highest BCUT2D eigenvalue weighted by Crippen LogP contribution is 2.32. The Morgan fingerprint density at radius 1 is 1.39 bits per heavy atom. The van der Waals surface area contributed by atoms with Crippen LogP contribution in [-0.2, 0) is 9.53 Å². The molecule has 2 aliphatic heterocycles. The number of hydrogen-bond donors (Lipinski definition) is 2. The number of fused-ring (bicyclic) bond motifs is 1. The van der Waals surface area contributed by atoms with E-state index in [1.807, 2.05) is 0 Å². The van der Waals surface area contributed by atoms with Crippen molar-refractivity contribution in [3.05, 3.63) is 0 Å². The first-order valence-corrected chi connectivity index (χ1v) is 6.94. The van der Waals surface area contributed by atoms with E-state index in [4.69, 9.17) is 4.74 Å². The van der Waals surface area contributed by atoms with Gasteiger partial charge in [0.15, 0.2) is 0 Å². The molecule has 3 aliphatic rings. The molecule has 2 atom stereocenters. The predicted octanol–water partition coefficient (Wildman–Crippen LogP) is -0.262. The van der Waals surface area contributed by atoms with Crippen molar-refractivity contribution >= 4 is 5.91 Å². The Hall–Kier alpha value is -0.650. The lowest BCUT2D eigenvalue weighted by molar-refractivity contribution is -0.159. The fourth-order valence-corrected chi connectivity index (χ4v) is 3.50. The summed E-state index contributed by atoms with van der Waals surface area (Å²) in [5.74, 6) is 0.131. The summed E-state index contributed by atoms with van der Waals surface area (Å²) in [4.78, 5) is 14.0. The summed E-state index contributed by atoms with van der Waals surface area (Å²) in [7, 11) is 0. The molecule has 2 heterocycles. The second-order valence-corrected chi connectivity index (χ2v) is 6.08. The number of nitrogens with zero attached hydrogens (tertiary/aromatic N) is 1. The van der Waals surface area contributed by atoms with Crippen molar-refractivity contribution in [2.24, 2.45) is 5.41 Å². The Morgan fingerprint density at radius 2 is 2.17 bits per heavy atom. The second kappa shape index (κ2) is 4.79. The number of aliphatic hydroxyl groups excluding tert-OH is 1. The topological polar surface area (TPSA) is 61.8 Å². The lowest BCUT2D eigenvalue weighted by Crippen LogP contribution is -2.65. The molecule has 0 spiro atoms. The summed E-state index contributed by atoms with van der Waals surface area (Å²) in [5.41, 5.74) is -0.125. The molecule has 1 saturated carbocycles. The predicted molar refractivity (Wildman–Crippen MR) is 66.1 cm³/mol. The van der Waals surface area contributed by atoms with E-state index in [2.05, 4.69) is 10.2 Å². The van der Waals surface area contributed by atoms with Crippen LogP contribution in [0.1, 0.15) is 25.7 Å². The normalized spacial score (nSPS) is 35.5. The summed E-state index contributed by atoms with van der Waals surface area (Å²) in [6.45, 7) is 2.67. The van der Waals surface area contributed by atoms with Crippen LogP contribution >= 0.6 is 0 Å². The molecule has 0 radical (unpaired) electrons. The van der Waals surface area contributed by atoms with Crippen LogP contribution in [0.5, 0.6) is 0 Å². The molecule has 102 valence electrons. The van der Waals surface area contributed by atoms with Crippen LogP contribution in [0.2, 0.25) is 0 Å². The van der Waals surface area contributed by atoms with Crippen LogP contribution < -0.4 is 5.32 Å². The number of carbonyl (C=O) groups is 1. The molecule has 0 bridgehead atoms. The van der Waals surface area contributed by atoms with Gasteiger partial charge in [0.1, 0.15) is 0 Å². The average molecular weight is 254 g/mol. The number of rotatable bonds is 3. The molecule has 3 fully saturated rings. The van der Waals surface area contributed by atoms with Gasteiger partial charge in [0.2, 0.25) is 5.91 Å². The maximum atomic E-state index is 11.8. The minimum atomic E-state index is -0.125. The van der Waals surface area contributed by atoms with Crippen molar-refractivity contribution < 1.29 is 14.6 Å². The molecular weight excluding hydrogens is 232 g/mol. The molecule has 1 amide bonds. The monoisotopic (exact) mass is 254 g/mol. The Kier molecular flexibility index (Phi) is 3.30. The van der Waals surface area contributed by atoms with Gasteiger partial charge in [0, 0.05) is 18.6 Å². The van der Waals surface area contributed by atoms with Crippen molar-refractivity contribution in [1.82, 2.24) is 10.2 Å². The number of nitrogens with one attached hydrogen (secondary N) is 1. The molecular formula is C13H22N2O3. The Balaban J connectivity index is 1.70. The first-order chi connectivity index (χ1) is 8.72. The summed E-state index contributed by atoms with van der Waals surface area (Å²) in [6.07, 6.45) is 4.71. The number of aliphatic hydroxyl groups is 1. The Labute approximate surface area is 107 Å². The fraction of sp³-hybridized carbons (Fsp3) is 0.923. The van der Waals surface area contributed by atoms with Crippen molar-refractivity contribution in [2.45, 2.75) is 37.8 Å². The highest BCUT2D eigenvalue weighted by molar-refractivity contribution is 5.79. The lowest BCUT2D eigenvalue weighted by atomic mass is 9.82. The Morgan fingerprint density at radius 3 is 2.83 bits per heavy atom. The van der Waals surface area contributed by atoms with E-state index in [-0.39, 0.29) is 17.9 Å². The Bertz CT molecular complexity index is 325. The number of ether oxygens (including phenoxy) is 1. The van der Waals surface area contributed by atoms with E-state index in [0.717, 1.165) is 19.4 Å². The van der Waals surface area contributed by atoms with Crippen LogP contribution in [-0.4, -0.2) is 60.9 Å². The van der Waals surface area contributed by atoms with E-state index in [1.165, 1.54) is 12.8 Å². The zero-order chi connectivity index (χ0) is 12.6. The van der Waals surface area contributed by atoms with Gasteiger partial charge >= 0.3 is 0 Å². The molecule has 0 aromatic carbocycles. The van der Waals surface area contributed by atoms with Crippen molar-refractivity contribution in [2.75, 3.05) is 32.9 Å². The van der Waals surface area contributed by atoms with E-state index < -0.39 is 0 Å². The van der Waals surface area contributed by atoms with Gasteiger partial charge in [-0.2, -0.15) is 0 Å². The van der Waals surface area contributed by atoms with Gasteiger partial charge in [0.25, 0.3) is 0 Å². The summed E-state index contributed by atoms with van der Waals surface area (Å²) in [5, 5.41) is 12.6. The standard InChI is InChI=1S/C13H22N2O3/c16-7-13(8-18-9-13)6-15-5-12(17)14-10-3-1-2-4-11(10)15/h10-11,16H,1-9H2,(H,14,17). The molecule has 2 saturated heterocycles. The zero-order valence-electron chi connectivity index (χ0n) is 10.7. The third-order valence-corrected chi connectivity index (χ3v) is 4.58. The summed E-state index contributed by atoms with van der Waals surface area (Å²) in [6, 6.07) is 0.775. The van der Waals surface area contributed by atoms with Crippen LogP contribution in [0.4, 0.5) is 0 Å². The van der Waals surface area contributed by atoms with Gasteiger partial charge in [-0.25, -0.2) is 0 Å². The van der Waals surface area contributed by atoms with Gasteiger partial charge in [-0.05, 0) is 12.8 Å². The molecule has 2 N–H and O–H groups in total. The van der Waals surface area contributed by atoms with Gasteiger partial charge in [-0.3, -0.25) is 9.69 Å². The lowest BCUT2D eigenvalue weighted by Gasteiger charge is -2.49. The first kappa shape index (κ1) is 12.4. The molecule has 3 rings (SSSR count). The quantitative estimate of drug-likeness (QED) is 0.728. The zero-order valence-corrected chi connectivity index (χ0v) is 10.7. The largest absolute Gasteiger partial charge is 0.396 e. The minimum Gasteiger partial charge on any atom is -0.396 e.